The molecule has 0 bridgehead atoms. The smallest absolute Gasteiger partial charge is 0.271 e. The van der Waals surface area contributed by atoms with Crippen molar-refractivity contribution in [2.75, 3.05) is 5.43 Å². The van der Waals surface area contributed by atoms with Gasteiger partial charge in [0, 0.05) is 18.1 Å². The van der Waals surface area contributed by atoms with E-state index in [1.807, 2.05) is 38.1 Å². The van der Waals surface area contributed by atoms with Gasteiger partial charge in [-0.1, -0.05) is 37.3 Å². The molecule has 2 aromatic carbocycles. The summed E-state index contributed by atoms with van der Waals surface area (Å²) in [4.78, 5) is 14.7. The van der Waals surface area contributed by atoms with Crippen molar-refractivity contribution in [2.45, 2.75) is 13.8 Å². The van der Waals surface area contributed by atoms with Crippen LogP contribution in [-0.2, 0) is 0 Å². The number of phenols is 1. The van der Waals surface area contributed by atoms with Gasteiger partial charge in [0.15, 0.2) is 5.84 Å². The third-order valence-corrected chi connectivity index (χ3v) is 4.44. The summed E-state index contributed by atoms with van der Waals surface area (Å²) in [7, 11) is 0. The first-order valence-corrected chi connectivity index (χ1v) is 8.84. The molecule has 1 aromatic heterocycles. The van der Waals surface area contributed by atoms with Crippen LogP contribution in [0.3, 0.4) is 0 Å². The summed E-state index contributed by atoms with van der Waals surface area (Å²) in [5, 5.41) is 33.6. The number of nitrogens with zero attached hydrogens (tertiary/aromatic N) is 5. The topological polar surface area (TPSA) is 125 Å². The molecule has 3 rings (SSSR count). The number of hydrazone groups is 1. The molecule has 9 nitrogen and oxygen atoms in total. The molecule has 0 unspecified atom stereocenters. The molecule has 3 aromatic rings. The fourth-order valence-electron chi connectivity index (χ4n) is 2.11. The van der Waals surface area contributed by atoms with Gasteiger partial charge in [0.05, 0.1) is 15.1 Å². The van der Waals surface area contributed by atoms with Crippen LogP contribution in [0.2, 0.25) is 0 Å². The van der Waals surface area contributed by atoms with Gasteiger partial charge in [-0.15, -0.1) is 10.2 Å². The molecule has 0 aliphatic heterocycles. The van der Waals surface area contributed by atoms with Crippen molar-refractivity contribution in [3.8, 4) is 5.75 Å². The Morgan fingerprint density at radius 1 is 1.30 bits per heavy atom. The molecular formula is C17H16N6O3S. The van der Waals surface area contributed by atoms with Crippen LogP contribution in [0.15, 0.2) is 57.8 Å². The SMILES string of the molecule is CC(C)C(N=Nc1nc2ccccc2s1)=NNc1cc([N+](=O)[O-])ccc1O. The molecule has 138 valence electrons. The van der Waals surface area contributed by atoms with E-state index in [2.05, 4.69) is 25.7 Å². The van der Waals surface area contributed by atoms with Gasteiger partial charge in [0.2, 0.25) is 5.13 Å². The minimum atomic E-state index is -0.551. The fraction of sp³-hybridized carbons (Fsp3) is 0.176. The number of aromatic nitrogens is 1. The second-order valence-electron chi connectivity index (χ2n) is 5.86. The molecule has 0 amide bonds. The van der Waals surface area contributed by atoms with Gasteiger partial charge in [-0.2, -0.15) is 5.10 Å². The molecule has 0 aliphatic rings. The number of nitrogens with one attached hydrogen (secondary N) is 1. The summed E-state index contributed by atoms with van der Waals surface area (Å²) in [6.07, 6.45) is 0. The highest BCUT2D eigenvalue weighted by atomic mass is 32.1. The number of phenolic OH excluding ortho intramolecular Hbond substituents is 1. The predicted molar refractivity (Wildman–Crippen MR) is 105 cm³/mol. The lowest BCUT2D eigenvalue weighted by Gasteiger charge is -2.06. The van der Waals surface area contributed by atoms with E-state index in [1.165, 1.54) is 29.5 Å². The summed E-state index contributed by atoms with van der Waals surface area (Å²) in [6.45, 7) is 3.76. The number of fused-ring (bicyclic) bond motifs is 1. The molecule has 0 atom stereocenters. The second kappa shape index (κ2) is 7.87. The van der Waals surface area contributed by atoms with Gasteiger partial charge >= 0.3 is 0 Å². The second-order valence-corrected chi connectivity index (χ2v) is 6.87. The summed E-state index contributed by atoms with van der Waals surface area (Å²) in [6, 6.07) is 11.3. The lowest BCUT2D eigenvalue weighted by Crippen LogP contribution is -2.07. The van der Waals surface area contributed by atoms with Crippen LogP contribution in [0.4, 0.5) is 16.5 Å². The van der Waals surface area contributed by atoms with E-state index in [1.54, 1.807) is 0 Å². The van der Waals surface area contributed by atoms with Crippen molar-refractivity contribution >= 4 is 43.9 Å². The maximum atomic E-state index is 10.9. The van der Waals surface area contributed by atoms with Crippen molar-refractivity contribution in [1.82, 2.24) is 4.98 Å². The Bertz CT molecular complexity index is 1010. The quantitative estimate of drug-likeness (QED) is 0.158. The number of non-ortho nitro benzene ring substituents is 1. The Labute approximate surface area is 158 Å². The van der Waals surface area contributed by atoms with Crippen molar-refractivity contribution in [2.24, 2.45) is 21.2 Å². The number of anilines is 1. The van der Waals surface area contributed by atoms with E-state index in [9.17, 15) is 15.2 Å². The molecule has 1 heterocycles. The lowest BCUT2D eigenvalue weighted by molar-refractivity contribution is -0.384. The maximum Gasteiger partial charge on any atom is 0.271 e. The van der Waals surface area contributed by atoms with E-state index in [0.29, 0.717) is 11.0 Å². The van der Waals surface area contributed by atoms with Crippen molar-refractivity contribution < 1.29 is 10.0 Å². The minimum absolute atomic E-state index is 0.0727. The van der Waals surface area contributed by atoms with E-state index in [-0.39, 0.29) is 23.0 Å². The lowest BCUT2D eigenvalue weighted by atomic mass is 10.2. The largest absolute Gasteiger partial charge is 0.506 e. The molecule has 0 aliphatic carbocycles. The molecule has 0 saturated heterocycles. The summed E-state index contributed by atoms with van der Waals surface area (Å²) in [5.74, 6) is 0.132. The Balaban J connectivity index is 1.83. The van der Waals surface area contributed by atoms with Gasteiger partial charge in [-0.25, -0.2) is 4.98 Å². The molecule has 0 spiro atoms. The number of hydrogen-bond donors (Lipinski definition) is 2. The molecule has 2 N–H and O–H groups in total. The van der Waals surface area contributed by atoms with Gasteiger partial charge in [-0.05, 0) is 18.2 Å². The predicted octanol–water partition coefficient (Wildman–Crippen LogP) is 5.08. The summed E-state index contributed by atoms with van der Waals surface area (Å²) in [5.41, 5.74) is 3.41. The molecule has 27 heavy (non-hydrogen) atoms. The zero-order valence-corrected chi connectivity index (χ0v) is 15.3. The Morgan fingerprint density at radius 3 is 2.78 bits per heavy atom. The molecule has 0 saturated carbocycles. The number of benzene rings is 2. The van der Waals surface area contributed by atoms with Crippen LogP contribution in [0.25, 0.3) is 10.2 Å². The minimum Gasteiger partial charge on any atom is -0.506 e. The number of amidine groups is 1. The van der Waals surface area contributed by atoms with Gasteiger partial charge in [0.25, 0.3) is 5.69 Å². The first kappa shape index (κ1) is 18.4. The average molecular weight is 384 g/mol. The van der Waals surface area contributed by atoms with Crippen LogP contribution < -0.4 is 5.43 Å². The average Bonchev–Trinajstić information content (AvgIpc) is 3.05. The Hall–Kier alpha value is -3.40. The zero-order chi connectivity index (χ0) is 19.4. The molecule has 0 radical (unpaired) electrons. The number of para-hydroxylation sites is 1. The van der Waals surface area contributed by atoms with Crippen LogP contribution in [-0.4, -0.2) is 20.8 Å². The third kappa shape index (κ3) is 4.42. The summed E-state index contributed by atoms with van der Waals surface area (Å²) < 4.78 is 1.01. The van der Waals surface area contributed by atoms with E-state index < -0.39 is 4.92 Å². The van der Waals surface area contributed by atoms with Crippen molar-refractivity contribution in [3.63, 3.8) is 0 Å². The third-order valence-electron chi connectivity index (χ3n) is 3.52. The van der Waals surface area contributed by atoms with Crippen LogP contribution in [0.5, 0.6) is 5.75 Å². The number of rotatable bonds is 5. The first-order valence-electron chi connectivity index (χ1n) is 8.02. The number of nitro benzene ring substituents is 1. The highest BCUT2D eigenvalue weighted by Crippen LogP contribution is 2.29. The van der Waals surface area contributed by atoms with Gasteiger partial charge < -0.3 is 5.11 Å². The highest BCUT2D eigenvalue weighted by Gasteiger charge is 2.11. The molecule has 0 fully saturated rings. The number of nitro groups is 1. The Kier molecular flexibility index (Phi) is 5.36. The van der Waals surface area contributed by atoms with Crippen LogP contribution in [0.1, 0.15) is 13.8 Å². The normalized spacial score (nSPS) is 12.2. The summed E-state index contributed by atoms with van der Waals surface area (Å²) >= 11 is 1.41. The number of thiazole rings is 1. The van der Waals surface area contributed by atoms with Crippen molar-refractivity contribution in [3.05, 3.63) is 52.6 Å². The highest BCUT2D eigenvalue weighted by molar-refractivity contribution is 7.21. The van der Waals surface area contributed by atoms with E-state index in [0.717, 1.165) is 10.2 Å². The number of azo groups is 1. The Morgan fingerprint density at radius 2 is 2.07 bits per heavy atom. The molecule has 10 heteroatoms. The van der Waals surface area contributed by atoms with Crippen LogP contribution >= 0.6 is 11.3 Å². The van der Waals surface area contributed by atoms with E-state index >= 15 is 0 Å². The number of hydrogen-bond acceptors (Lipinski definition) is 8. The maximum absolute atomic E-state index is 10.9. The fourth-order valence-corrected chi connectivity index (χ4v) is 2.90. The van der Waals surface area contributed by atoms with Crippen LogP contribution in [0, 0.1) is 16.0 Å². The zero-order valence-electron chi connectivity index (χ0n) is 14.5. The standard InChI is InChI=1S/C17H16N6O3S/c1-10(2)16(20-19-13-9-11(23(25)26)7-8-14(13)24)21-22-17-18-12-5-3-4-6-15(12)27-17/h3-10,19,24H,1-2H3. The monoisotopic (exact) mass is 384 g/mol. The molecular weight excluding hydrogens is 368 g/mol. The van der Waals surface area contributed by atoms with E-state index in [4.69, 9.17) is 0 Å². The first-order chi connectivity index (χ1) is 12.9. The van der Waals surface area contributed by atoms with Crippen molar-refractivity contribution in [1.29, 1.82) is 0 Å². The van der Waals surface area contributed by atoms with Gasteiger partial charge in [-0.3, -0.25) is 15.5 Å². The number of aromatic hydroxyl groups is 1. The van der Waals surface area contributed by atoms with Gasteiger partial charge in [0.1, 0.15) is 11.4 Å².